The lowest BCUT2D eigenvalue weighted by Gasteiger charge is -2.26. The summed E-state index contributed by atoms with van der Waals surface area (Å²) >= 11 is 3.82. The number of hydrogen-bond donors (Lipinski definition) is 1. The first-order valence-electron chi connectivity index (χ1n) is 7.39. The van der Waals surface area contributed by atoms with Gasteiger partial charge in [-0.05, 0) is 49.3 Å². The lowest BCUT2D eigenvalue weighted by atomic mass is 10.1. The Morgan fingerprint density at radius 3 is 2.90 bits per heavy atom. The molecule has 2 aliphatic rings. The van der Waals surface area contributed by atoms with E-state index in [2.05, 4.69) is 36.2 Å². The van der Waals surface area contributed by atoms with Gasteiger partial charge in [-0.2, -0.15) is 11.8 Å². The Kier molecular flexibility index (Phi) is 4.38. The second-order valence-electron chi connectivity index (χ2n) is 5.70. The van der Waals surface area contributed by atoms with Gasteiger partial charge in [0.15, 0.2) is 0 Å². The molecule has 1 amide bonds. The molecule has 3 rings (SSSR count). The molecular formula is C15H22N2OS2. The maximum atomic E-state index is 12.6. The van der Waals surface area contributed by atoms with Crippen molar-refractivity contribution in [2.45, 2.75) is 38.9 Å². The number of carbonyl (C=O) groups excluding carboxylic acids is 1. The van der Waals surface area contributed by atoms with Crippen molar-refractivity contribution < 1.29 is 4.79 Å². The Hall–Kier alpha value is -0.520. The average molecular weight is 310 g/mol. The SMILES string of the molecule is CCC1NC(c2ccc(C)s2)N(CC2CCSC2)C1=O. The van der Waals surface area contributed by atoms with Crippen molar-refractivity contribution in [3.05, 3.63) is 21.9 Å². The Bertz CT molecular complexity index is 482. The van der Waals surface area contributed by atoms with Crippen molar-refractivity contribution in [1.82, 2.24) is 10.2 Å². The zero-order valence-corrected chi connectivity index (χ0v) is 13.7. The fraction of sp³-hybridized carbons (Fsp3) is 0.667. The van der Waals surface area contributed by atoms with Gasteiger partial charge >= 0.3 is 0 Å². The Labute approximate surface area is 129 Å². The fourth-order valence-corrected chi connectivity index (χ4v) is 5.23. The Morgan fingerprint density at radius 1 is 1.45 bits per heavy atom. The molecule has 0 saturated carbocycles. The highest BCUT2D eigenvalue weighted by molar-refractivity contribution is 7.99. The summed E-state index contributed by atoms with van der Waals surface area (Å²) < 4.78 is 0. The lowest BCUT2D eigenvalue weighted by Crippen LogP contribution is -2.35. The van der Waals surface area contributed by atoms with Crippen LogP contribution in [0.2, 0.25) is 0 Å². The van der Waals surface area contributed by atoms with Gasteiger partial charge in [0, 0.05) is 16.3 Å². The van der Waals surface area contributed by atoms with E-state index in [1.165, 1.54) is 27.7 Å². The smallest absolute Gasteiger partial charge is 0.241 e. The van der Waals surface area contributed by atoms with Crippen LogP contribution in [0.4, 0.5) is 0 Å². The molecular weight excluding hydrogens is 288 g/mol. The van der Waals surface area contributed by atoms with Gasteiger partial charge in [0.2, 0.25) is 5.91 Å². The van der Waals surface area contributed by atoms with Gasteiger partial charge in [0.25, 0.3) is 0 Å². The molecule has 2 fully saturated rings. The monoisotopic (exact) mass is 310 g/mol. The number of thiophene rings is 1. The van der Waals surface area contributed by atoms with Crippen LogP contribution < -0.4 is 5.32 Å². The number of hydrogen-bond acceptors (Lipinski definition) is 4. The molecule has 1 aromatic rings. The molecule has 20 heavy (non-hydrogen) atoms. The molecule has 3 unspecified atom stereocenters. The zero-order chi connectivity index (χ0) is 14.1. The molecule has 0 aliphatic carbocycles. The molecule has 0 bridgehead atoms. The maximum absolute atomic E-state index is 12.6. The van der Waals surface area contributed by atoms with E-state index in [0.717, 1.165) is 13.0 Å². The standard InChI is InChI=1S/C15H22N2OS2/c1-3-12-15(18)17(8-11-6-7-19-9-11)14(16-12)13-5-4-10(2)20-13/h4-5,11-12,14,16H,3,6-9H2,1-2H3. The van der Waals surface area contributed by atoms with Crippen LogP contribution in [0.15, 0.2) is 12.1 Å². The van der Waals surface area contributed by atoms with Crippen molar-refractivity contribution in [1.29, 1.82) is 0 Å². The molecule has 2 aliphatic heterocycles. The quantitative estimate of drug-likeness (QED) is 0.928. The van der Waals surface area contributed by atoms with Crippen molar-refractivity contribution in [2.75, 3.05) is 18.1 Å². The molecule has 2 saturated heterocycles. The van der Waals surface area contributed by atoms with E-state index in [9.17, 15) is 4.79 Å². The van der Waals surface area contributed by atoms with Crippen molar-refractivity contribution >= 4 is 29.0 Å². The summed E-state index contributed by atoms with van der Waals surface area (Å²) in [6.45, 7) is 5.12. The van der Waals surface area contributed by atoms with Crippen LogP contribution in [0, 0.1) is 12.8 Å². The third-order valence-corrected chi connectivity index (χ3v) is 6.45. The maximum Gasteiger partial charge on any atom is 0.241 e. The minimum Gasteiger partial charge on any atom is -0.320 e. The number of rotatable bonds is 4. The second kappa shape index (κ2) is 6.08. The number of nitrogens with zero attached hydrogens (tertiary/aromatic N) is 1. The van der Waals surface area contributed by atoms with Crippen LogP contribution in [0.25, 0.3) is 0 Å². The van der Waals surface area contributed by atoms with Gasteiger partial charge in [-0.25, -0.2) is 0 Å². The molecule has 0 aromatic carbocycles. The number of amides is 1. The van der Waals surface area contributed by atoms with Crippen molar-refractivity contribution in [3.8, 4) is 0 Å². The summed E-state index contributed by atoms with van der Waals surface area (Å²) in [5.41, 5.74) is 0. The summed E-state index contributed by atoms with van der Waals surface area (Å²) in [5.74, 6) is 3.42. The minimum absolute atomic E-state index is 0.00328. The van der Waals surface area contributed by atoms with E-state index >= 15 is 0 Å². The van der Waals surface area contributed by atoms with E-state index in [-0.39, 0.29) is 12.2 Å². The van der Waals surface area contributed by atoms with Crippen molar-refractivity contribution in [2.24, 2.45) is 5.92 Å². The summed E-state index contributed by atoms with van der Waals surface area (Å²) in [6.07, 6.45) is 2.22. The predicted molar refractivity (Wildman–Crippen MR) is 86.2 cm³/mol. The van der Waals surface area contributed by atoms with Crippen molar-refractivity contribution in [3.63, 3.8) is 0 Å². The molecule has 0 radical (unpaired) electrons. The Balaban J connectivity index is 1.79. The topological polar surface area (TPSA) is 32.3 Å². The number of carbonyl (C=O) groups is 1. The first-order valence-corrected chi connectivity index (χ1v) is 9.36. The van der Waals surface area contributed by atoms with E-state index in [0.29, 0.717) is 11.8 Å². The van der Waals surface area contributed by atoms with Gasteiger partial charge in [-0.15, -0.1) is 11.3 Å². The van der Waals surface area contributed by atoms with Gasteiger partial charge in [-0.3, -0.25) is 10.1 Å². The molecule has 1 aromatic heterocycles. The summed E-state index contributed by atoms with van der Waals surface area (Å²) in [4.78, 5) is 17.3. The fourth-order valence-electron chi connectivity index (χ4n) is 3.01. The highest BCUT2D eigenvalue weighted by Crippen LogP contribution is 2.34. The van der Waals surface area contributed by atoms with Crippen LogP contribution in [0.1, 0.15) is 35.7 Å². The average Bonchev–Trinajstić information content (AvgIpc) is 3.14. The molecule has 0 spiro atoms. The van der Waals surface area contributed by atoms with E-state index in [1.807, 2.05) is 11.8 Å². The zero-order valence-electron chi connectivity index (χ0n) is 12.1. The summed E-state index contributed by atoms with van der Waals surface area (Å²) in [5, 5.41) is 3.52. The third-order valence-electron chi connectivity index (χ3n) is 4.17. The summed E-state index contributed by atoms with van der Waals surface area (Å²) in [7, 11) is 0. The first kappa shape index (κ1) is 14.4. The van der Waals surface area contributed by atoms with Gasteiger partial charge in [0.1, 0.15) is 6.17 Å². The largest absolute Gasteiger partial charge is 0.320 e. The van der Waals surface area contributed by atoms with Crippen LogP contribution in [-0.2, 0) is 4.79 Å². The molecule has 1 N–H and O–H groups in total. The normalized spacial score (nSPS) is 30.4. The molecule has 110 valence electrons. The minimum atomic E-state index is -0.00328. The van der Waals surface area contributed by atoms with Crippen LogP contribution in [-0.4, -0.2) is 34.9 Å². The van der Waals surface area contributed by atoms with Crippen LogP contribution in [0.5, 0.6) is 0 Å². The van der Waals surface area contributed by atoms with E-state index in [1.54, 1.807) is 11.3 Å². The molecule has 5 heteroatoms. The number of nitrogens with one attached hydrogen (secondary N) is 1. The highest BCUT2D eigenvalue weighted by Gasteiger charge is 2.40. The summed E-state index contributed by atoms with van der Waals surface area (Å²) in [6, 6.07) is 4.31. The molecule has 3 nitrogen and oxygen atoms in total. The first-order chi connectivity index (χ1) is 9.69. The Morgan fingerprint density at radius 2 is 2.30 bits per heavy atom. The second-order valence-corrected chi connectivity index (χ2v) is 8.17. The van der Waals surface area contributed by atoms with Gasteiger partial charge in [-0.1, -0.05) is 6.92 Å². The third kappa shape index (κ3) is 2.76. The van der Waals surface area contributed by atoms with Gasteiger partial charge in [0.05, 0.1) is 6.04 Å². The predicted octanol–water partition coefficient (Wildman–Crippen LogP) is 3.02. The van der Waals surface area contributed by atoms with E-state index < -0.39 is 0 Å². The van der Waals surface area contributed by atoms with Crippen LogP contribution in [0.3, 0.4) is 0 Å². The highest BCUT2D eigenvalue weighted by atomic mass is 32.2. The number of thioether (sulfide) groups is 1. The van der Waals surface area contributed by atoms with E-state index in [4.69, 9.17) is 0 Å². The molecule has 3 heterocycles. The van der Waals surface area contributed by atoms with Gasteiger partial charge < -0.3 is 4.90 Å². The lowest BCUT2D eigenvalue weighted by molar-refractivity contribution is -0.130. The number of aryl methyl sites for hydroxylation is 1. The molecule has 3 atom stereocenters. The van der Waals surface area contributed by atoms with Crippen LogP contribution >= 0.6 is 23.1 Å².